The number of carbonyl (C=O) groups is 1. The van der Waals surface area contributed by atoms with E-state index in [1.807, 2.05) is 49.4 Å². The highest BCUT2D eigenvalue weighted by atomic mass is 16.2. The van der Waals surface area contributed by atoms with Crippen LogP contribution in [0.4, 0.5) is 0 Å². The van der Waals surface area contributed by atoms with Crippen LogP contribution in [0, 0.1) is 6.92 Å². The van der Waals surface area contributed by atoms with Gasteiger partial charge in [0.15, 0.2) is 5.84 Å². The summed E-state index contributed by atoms with van der Waals surface area (Å²) in [5.41, 5.74) is 3.16. The minimum absolute atomic E-state index is 0.202. The Hall–Kier alpha value is -2.75. The maximum absolute atomic E-state index is 11.9. The second-order valence-electron chi connectivity index (χ2n) is 4.57. The zero-order chi connectivity index (χ0) is 13.9. The molecule has 1 amide bonds. The molecule has 0 saturated carbocycles. The molecule has 3 rings (SSSR count). The van der Waals surface area contributed by atoms with E-state index in [1.54, 1.807) is 12.3 Å². The van der Waals surface area contributed by atoms with Gasteiger partial charge in [-0.25, -0.2) is 4.99 Å². The van der Waals surface area contributed by atoms with Gasteiger partial charge in [-0.05, 0) is 30.7 Å². The summed E-state index contributed by atoms with van der Waals surface area (Å²) in [6.07, 6.45) is 3.45. The Balaban J connectivity index is 1.95. The van der Waals surface area contributed by atoms with Crippen LogP contribution in [0.25, 0.3) is 6.08 Å². The molecule has 0 aliphatic carbocycles. The summed E-state index contributed by atoms with van der Waals surface area (Å²) in [5.74, 6) is 0.293. The van der Waals surface area contributed by atoms with E-state index in [-0.39, 0.29) is 5.91 Å². The number of aromatic nitrogens is 1. The number of carbonyl (C=O) groups excluding carboxylic acids is 1. The molecule has 2 aromatic rings. The van der Waals surface area contributed by atoms with Gasteiger partial charge in [-0.3, -0.25) is 9.78 Å². The molecule has 0 atom stereocenters. The maximum Gasteiger partial charge on any atom is 0.275 e. The molecule has 1 aromatic heterocycles. The van der Waals surface area contributed by atoms with Crippen molar-refractivity contribution in [1.82, 2.24) is 10.3 Å². The van der Waals surface area contributed by atoms with E-state index in [0.29, 0.717) is 17.2 Å². The van der Waals surface area contributed by atoms with Crippen LogP contribution >= 0.6 is 0 Å². The third-order valence-corrected chi connectivity index (χ3v) is 2.95. The zero-order valence-corrected chi connectivity index (χ0v) is 11.0. The normalized spacial score (nSPS) is 16.1. The van der Waals surface area contributed by atoms with Crippen LogP contribution in [0.3, 0.4) is 0 Å². The fourth-order valence-corrected chi connectivity index (χ4v) is 2.01. The van der Waals surface area contributed by atoms with Crippen molar-refractivity contribution in [1.29, 1.82) is 0 Å². The summed E-state index contributed by atoms with van der Waals surface area (Å²) >= 11 is 0. The fourth-order valence-electron chi connectivity index (χ4n) is 2.01. The first kappa shape index (κ1) is 12.3. The number of aryl methyl sites for hydroxylation is 1. The number of nitrogens with zero attached hydrogens (tertiary/aromatic N) is 2. The lowest BCUT2D eigenvalue weighted by Gasteiger charge is -1.97. The number of hydrogen-bond acceptors (Lipinski definition) is 3. The first-order chi connectivity index (χ1) is 9.72. The summed E-state index contributed by atoms with van der Waals surface area (Å²) in [5, 5.41) is 2.74. The molecule has 1 aliphatic rings. The van der Waals surface area contributed by atoms with E-state index in [9.17, 15) is 4.79 Å². The van der Waals surface area contributed by atoms with Crippen molar-refractivity contribution in [2.75, 3.05) is 0 Å². The van der Waals surface area contributed by atoms with Gasteiger partial charge in [0.05, 0.1) is 0 Å². The SMILES string of the molecule is Cc1cccc(/C=C2/N=C(c3ccccn3)NC2=O)c1. The third kappa shape index (κ3) is 2.49. The molecule has 4 heteroatoms. The predicted octanol–water partition coefficient (Wildman–Crippen LogP) is 2.31. The number of nitrogens with one attached hydrogen (secondary N) is 1. The van der Waals surface area contributed by atoms with Gasteiger partial charge in [0.25, 0.3) is 5.91 Å². The minimum atomic E-state index is -0.202. The van der Waals surface area contributed by atoms with Crippen LogP contribution < -0.4 is 5.32 Å². The van der Waals surface area contributed by atoms with Crippen LogP contribution in [-0.2, 0) is 4.79 Å². The molecular weight excluding hydrogens is 250 g/mol. The average Bonchev–Trinajstić information content (AvgIpc) is 2.81. The van der Waals surface area contributed by atoms with Crippen LogP contribution in [0.2, 0.25) is 0 Å². The molecule has 20 heavy (non-hydrogen) atoms. The van der Waals surface area contributed by atoms with E-state index >= 15 is 0 Å². The molecule has 2 heterocycles. The molecule has 1 aliphatic heterocycles. The molecular formula is C16H13N3O. The van der Waals surface area contributed by atoms with Crippen LogP contribution in [0.1, 0.15) is 16.8 Å². The lowest BCUT2D eigenvalue weighted by atomic mass is 10.1. The van der Waals surface area contributed by atoms with Gasteiger partial charge in [0.2, 0.25) is 0 Å². The number of aliphatic imine (C=N–C) groups is 1. The van der Waals surface area contributed by atoms with E-state index in [2.05, 4.69) is 15.3 Å². The van der Waals surface area contributed by atoms with Gasteiger partial charge in [-0.15, -0.1) is 0 Å². The van der Waals surface area contributed by atoms with Gasteiger partial charge in [0, 0.05) is 6.20 Å². The molecule has 98 valence electrons. The van der Waals surface area contributed by atoms with Gasteiger partial charge in [-0.1, -0.05) is 35.9 Å². The number of pyridine rings is 1. The van der Waals surface area contributed by atoms with Crippen molar-refractivity contribution in [3.05, 3.63) is 71.2 Å². The molecule has 0 bridgehead atoms. The van der Waals surface area contributed by atoms with E-state index in [1.165, 1.54) is 0 Å². The maximum atomic E-state index is 11.9. The molecule has 0 unspecified atom stereocenters. The molecule has 0 spiro atoms. The predicted molar refractivity (Wildman–Crippen MR) is 78.1 cm³/mol. The standard InChI is InChI=1S/C16H13N3O/c1-11-5-4-6-12(9-11)10-14-16(20)19-15(18-14)13-7-2-3-8-17-13/h2-10H,1H3,(H,18,19,20)/b14-10+. The van der Waals surface area contributed by atoms with Gasteiger partial charge in [-0.2, -0.15) is 0 Å². The molecule has 0 saturated heterocycles. The Morgan fingerprint density at radius 2 is 2.05 bits per heavy atom. The number of benzene rings is 1. The van der Waals surface area contributed by atoms with Crippen molar-refractivity contribution in [2.45, 2.75) is 6.92 Å². The summed E-state index contributed by atoms with van der Waals surface area (Å²) in [7, 11) is 0. The highest BCUT2D eigenvalue weighted by Crippen LogP contribution is 2.15. The number of rotatable bonds is 2. The molecule has 1 N–H and O–H groups in total. The molecule has 0 fully saturated rings. The van der Waals surface area contributed by atoms with E-state index in [0.717, 1.165) is 11.1 Å². The van der Waals surface area contributed by atoms with Gasteiger partial charge in [0.1, 0.15) is 11.4 Å². The summed E-state index contributed by atoms with van der Waals surface area (Å²) in [6.45, 7) is 2.01. The average molecular weight is 263 g/mol. The fraction of sp³-hybridized carbons (Fsp3) is 0.0625. The quantitative estimate of drug-likeness (QED) is 0.845. The van der Waals surface area contributed by atoms with Gasteiger partial charge < -0.3 is 5.32 Å². The zero-order valence-electron chi connectivity index (χ0n) is 11.0. The molecule has 4 nitrogen and oxygen atoms in total. The monoisotopic (exact) mass is 263 g/mol. The lowest BCUT2D eigenvalue weighted by Crippen LogP contribution is -2.25. The topological polar surface area (TPSA) is 54.4 Å². The highest BCUT2D eigenvalue weighted by molar-refractivity contribution is 6.19. The summed E-state index contributed by atoms with van der Waals surface area (Å²) < 4.78 is 0. The Kier molecular flexibility index (Phi) is 3.13. The minimum Gasteiger partial charge on any atom is -0.303 e. The Morgan fingerprint density at radius 1 is 1.15 bits per heavy atom. The van der Waals surface area contributed by atoms with Crippen molar-refractivity contribution in [3.8, 4) is 0 Å². The van der Waals surface area contributed by atoms with Crippen molar-refractivity contribution in [2.24, 2.45) is 4.99 Å². The van der Waals surface area contributed by atoms with Crippen molar-refractivity contribution in [3.63, 3.8) is 0 Å². The number of amides is 1. The Bertz CT molecular complexity index is 718. The smallest absolute Gasteiger partial charge is 0.275 e. The first-order valence-electron chi connectivity index (χ1n) is 6.32. The van der Waals surface area contributed by atoms with Crippen LogP contribution in [0.15, 0.2) is 59.4 Å². The van der Waals surface area contributed by atoms with E-state index < -0.39 is 0 Å². The molecule has 0 radical (unpaired) electrons. The van der Waals surface area contributed by atoms with Crippen LogP contribution in [0.5, 0.6) is 0 Å². The second-order valence-corrected chi connectivity index (χ2v) is 4.57. The first-order valence-corrected chi connectivity index (χ1v) is 6.32. The largest absolute Gasteiger partial charge is 0.303 e. The lowest BCUT2D eigenvalue weighted by molar-refractivity contribution is -0.115. The third-order valence-electron chi connectivity index (χ3n) is 2.95. The second kappa shape index (κ2) is 5.09. The van der Waals surface area contributed by atoms with Crippen molar-refractivity contribution < 1.29 is 4.79 Å². The Labute approximate surface area is 116 Å². The molecule has 1 aromatic carbocycles. The van der Waals surface area contributed by atoms with Crippen LogP contribution in [-0.4, -0.2) is 16.7 Å². The van der Waals surface area contributed by atoms with E-state index in [4.69, 9.17) is 0 Å². The Morgan fingerprint density at radius 3 is 2.80 bits per heavy atom. The van der Waals surface area contributed by atoms with Gasteiger partial charge >= 0.3 is 0 Å². The summed E-state index contributed by atoms with van der Waals surface area (Å²) in [4.78, 5) is 20.4. The number of hydrogen-bond donors (Lipinski definition) is 1. The van der Waals surface area contributed by atoms with Crippen molar-refractivity contribution >= 4 is 17.8 Å². The highest BCUT2D eigenvalue weighted by Gasteiger charge is 2.21. The number of amidine groups is 1. The summed E-state index contributed by atoms with van der Waals surface area (Å²) in [6, 6.07) is 13.4.